The zero-order valence-electron chi connectivity index (χ0n) is 13.3. The van der Waals surface area contributed by atoms with Gasteiger partial charge >= 0.3 is 12.0 Å². The number of esters is 1. The molecule has 22 heavy (non-hydrogen) atoms. The summed E-state index contributed by atoms with van der Waals surface area (Å²) >= 11 is 0. The van der Waals surface area contributed by atoms with Crippen molar-refractivity contribution < 1.29 is 14.3 Å². The fraction of sp³-hybridized carbons (Fsp3) is 0.438. The average molecular weight is 305 g/mol. The molecule has 0 fully saturated rings. The minimum Gasteiger partial charge on any atom is -0.465 e. The van der Waals surface area contributed by atoms with E-state index in [0.717, 1.165) is 6.42 Å². The highest BCUT2D eigenvalue weighted by Crippen LogP contribution is 2.11. The van der Waals surface area contributed by atoms with Gasteiger partial charge in [0.25, 0.3) is 0 Å². The first-order chi connectivity index (χ1) is 10.6. The van der Waals surface area contributed by atoms with Gasteiger partial charge in [0.1, 0.15) is 0 Å². The van der Waals surface area contributed by atoms with Crippen molar-refractivity contribution >= 4 is 23.4 Å². The molecule has 0 saturated heterocycles. The number of hydrogen-bond donors (Lipinski definition) is 2. The minimum atomic E-state index is -0.454. The number of carbonyl (C=O) groups is 2. The number of urea groups is 1. The van der Waals surface area contributed by atoms with Gasteiger partial charge < -0.3 is 10.1 Å². The number of ether oxygens (including phenoxy) is 1. The van der Waals surface area contributed by atoms with Gasteiger partial charge in [-0.1, -0.05) is 31.5 Å². The smallest absolute Gasteiger partial charge is 0.339 e. The number of nitrogens with zero attached hydrogens (tertiary/aromatic N) is 1. The molecule has 1 rings (SSSR count). The molecule has 0 aliphatic carbocycles. The molecule has 1 atom stereocenters. The van der Waals surface area contributed by atoms with E-state index >= 15 is 0 Å². The van der Waals surface area contributed by atoms with E-state index in [1.54, 1.807) is 26.0 Å². The highest BCUT2D eigenvalue weighted by molar-refractivity contribution is 6.01. The van der Waals surface area contributed by atoms with Crippen LogP contribution in [0.4, 0.5) is 10.5 Å². The van der Waals surface area contributed by atoms with Crippen LogP contribution in [-0.4, -0.2) is 24.3 Å². The topological polar surface area (TPSA) is 79.8 Å². The van der Waals surface area contributed by atoms with E-state index in [2.05, 4.69) is 15.8 Å². The number of amides is 2. The van der Waals surface area contributed by atoms with Crippen LogP contribution in [0.3, 0.4) is 0 Å². The SMILES string of the molecule is CCC[C@@H](C(=O)OCC)C(C)=NNC(=O)Nc1ccccc1. The molecule has 1 aromatic rings. The molecule has 0 unspecified atom stereocenters. The Morgan fingerprint density at radius 2 is 1.91 bits per heavy atom. The number of anilines is 1. The summed E-state index contributed by atoms with van der Waals surface area (Å²) in [5.41, 5.74) is 3.60. The molecule has 0 bridgehead atoms. The number of hydrazone groups is 1. The summed E-state index contributed by atoms with van der Waals surface area (Å²) in [5, 5.41) is 6.65. The summed E-state index contributed by atoms with van der Waals surface area (Å²) < 4.78 is 5.03. The van der Waals surface area contributed by atoms with Crippen LogP contribution < -0.4 is 10.7 Å². The van der Waals surface area contributed by atoms with Gasteiger partial charge in [-0.2, -0.15) is 5.10 Å². The van der Waals surface area contributed by atoms with Crippen molar-refractivity contribution in [2.75, 3.05) is 11.9 Å². The molecule has 0 aromatic heterocycles. The molecule has 120 valence electrons. The van der Waals surface area contributed by atoms with Crippen LogP contribution in [0.1, 0.15) is 33.6 Å². The maximum Gasteiger partial charge on any atom is 0.339 e. The van der Waals surface area contributed by atoms with Gasteiger partial charge in [0.15, 0.2) is 0 Å². The van der Waals surface area contributed by atoms with Crippen molar-refractivity contribution in [3.05, 3.63) is 30.3 Å². The zero-order chi connectivity index (χ0) is 16.4. The lowest BCUT2D eigenvalue weighted by atomic mass is 9.99. The van der Waals surface area contributed by atoms with E-state index < -0.39 is 11.9 Å². The van der Waals surface area contributed by atoms with Gasteiger partial charge in [-0.05, 0) is 32.4 Å². The number of rotatable bonds is 7. The summed E-state index contributed by atoms with van der Waals surface area (Å²) in [4.78, 5) is 23.6. The summed E-state index contributed by atoms with van der Waals surface area (Å²) in [6.45, 7) is 5.78. The van der Waals surface area contributed by atoms with Crippen molar-refractivity contribution in [2.24, 2.45) is 11.0 Å². The van der Waals surface area contributed by atoms with E-state index in [9.17, 15) is 9.59 Å². The second-order valence-corrected chi connectivity index (χ2v) is 4.78. The molecule has 2 amide bonds. The first kappa shape index (κ1) is 17.7. The molecule has 2 N–H and O–H groups in total. The monoisotopic (exact) mass is 305 g/mol. The third-order valence-electron chi connectivity index (χ3n) is 3.02. The van der Waals surface area contributed by atoms with Gasteiger partial charge in [-0.15, -0.1) is 0 Å². The van der Waals surface area contributed by atoms with Crippen molar-refractivity contribution in [3.63, 3.8) is 0 Å². The van der Waals surface area contributed by atoms with Crippen LogP contribution in [0.5, 0.6) is 0 Å². The number of hydrogen-bond acceptors (Lipinski definition) is 4. The molecule has 0 saturated carbocycles. The van der Waals surface area contributed by atoms with E-state index in [-0.39, 0.29) is 5.97 Å². The van der Waals surface area contributed by atoms with Crippen molar-refractivity contribution in [1.82, 2.24) is 5.43 Å². The molecule has 0 radical (unpaired) electrons. The highest BCUT2D eigenvalue weighted by Gasteiger charge is 2.22. The third kappa shape index (κ3) is 5.95. The van der Waals surface area contributed by atoms with Crippen LogP contribution in [0.2, 0.25) is 0 Å². The number of carbonyl (C=O) groups excluding carboxylic acids is 2. The molecule has 6 nitrogen and oxygen atoms in total. The average Bonchev–Trinajstić information content (AvgIpc) is 2.51. The summed E-state index contributed by atoms with van der Waals surface area (Å²) in [7, 11) is 0. The van der Waals surface area contributed by atoms with Gasteiger partial charge in [0.05, 0.1) is 12.5 Å². The Morgan fingerprint density at radius 3 is 2.50 bits per heavy atom. The Morgan fingerprint density at radius 1 is 1.23 bits per heavy atom. The first-order valence-corrected chi connectivity index (χ1v) is 7.41. The predicted octanol–water partition coefficient (Wildman–Crippen LogP) is 3.16. The highest BCUT2D eigenvalue weighted by atomic mass is 16.5. The maximum absolute atomic E-state index is 11.9. The Kier molecular flexibility index (Phi) is 7.67. The van der Waals surface area contributed by atoms with Crippen molar-refractivity contribution in [1.29, 1.82) is 0 Å². The second kappa shape index (κ2) is 9.55. The van der Waals surface area contributed by atoms with Crippen LogP contribution in [0.15, 0.2) is 35.4 Å². The van der Waals surface area contributed by atoms with Gasteiger partial charge in [0, 0.05) is 11.4 Å². The van der Waals surface area contributed by atoms with Gasteiger partial charge in [-0.25, -0.2) is 10.2 Å². The molecular formula is C16H23N3O3. The number of para-hydroxylation sites is 1. The van der Waals surface area contributed by atoms with Gasteiger partial charge in [0.2, 0.25) is 0 Å². The standard InChI is InChI=1S/C16H23N3O3/c1-4-9-14(15(20)22-5-2)12(3)18-19-16(21)17-13-10-7-6-8-11-13/h6-8,10-11,14H,4-5,9H2,1-3H3,(H2,17,19,21)/t14-/m1/s1. The van der Waals surface area contributed by atoms with E-state index in [1.807, 2.05) is 25.1 Å². The third-order valence-corrected chi connectivity index (χ3v) is 3.02. The molecule has 6 heteroatoms. The zero-order valence-corrected chi connectivity index (χ0v) is 13.3. The minimum absolute atomic E-state index is 0.309. The van der Waals surface area contributed by atoms with Crippen LogP contribution >= 0.6 is 0 Å². The van der Waals surface area contributed by atoms with E-state index in [1.165, 1.54) is 0 Å². The van der Waals surface area contributed by atoms with Crippen LogP contribution in [0.25, 0.3) is 0 Å². The molecule has 0 spiro atoms. The van der Waals surface area contributed by atoms with E-state index in [0.29, 0.717) is 24.4 Å². The lowest BCUT2D eigenvalue weighted by Crippen LogP contribution is -2.29. The molecule has 0 aliphatic heterocycles. The number of nitrogens with one attached hydrogen (secondary N) is 2. The number of benzene rings is 1. The Labute approximate surface area is 130 Å². The summed E-state index contributed by atoms with van der Waals surface area (Å²) in [6.07, 6.45) is 1.46. The second-order valence-electron chi connectivity index (χ2n) is 4.78. The molecule has 1 aromatic carbocycles. The van der Waals surface area contributed by atoms with Crippen molar-refractivity contribution in [3.8, 4) is 0 Å². The molecule has 0 aliphatic rings. The van der Waals surface area contributed by atoms with Crippen LogP contribution in [-0.2, 0) is 9.53 Å². The first-order valence-electron chi connectivity index (χ1n) is 7.41. The fourth-order valence-corrected chi connectivity index (χ4v) is 1.93. The quantitative estimate of drug-likeness (QED) is 0.461. The largest absolute Gasteiger partial charge is 0.465 e. The lowest BCUT2D eigenvalue weighted by Gasteiger charge is -2.14. The lowest BCUT2D eigenvalue weighted by molar-refractivity contribution is -0.145. The normalized spacial score (nSPS) is 12.4. The fourth-order valence-electron chi connectivity index (χ4n) is 1.93. The Bertz CT molecular complexity index is 515. The van der Waals surface area contributed by atoms with Crippen LogP contribution in [0, 0.1) is 5.92 Å². The molecular weight excluding hydrogens is 282 g/mol. The maximum atomic E-state index is 11.9. The van der Waals surface area contributed by atoms with Gasteiger partial charge in [-0.3, -0.25) is 4.79 Å². The predicted molar refractivity (Wildman–Crippen MR) is 86.7 cm³/mol. The molecule has 0 heterocycles. The Hall–Kier alpha value is -2.37. The van der Waals surface area contributed by atoms with E-state index in [4.69, 9.17) is 4.74 Å². The summed E-state index contributed by atoms with van der Waals surface area (Å²) in [5.74, 6) is -0.738. The Balaban J connectivity index is 2.61. The summed E-state index contributed by atoms with van der Waals surface area (Å²) in [6, 6.07) is 8.60. The van der Waals surface area contributed by atoms with Crippen molar-refractivity contribution in [2.45, 2.75) is 33.6 Å².